The van der Waals surface area contributed by atoms with E-state index in [2.05, 4.69) is 4.85 Å². The van der Waals surface area contributed by atoms with Gasteiger partial charge in [0.25, 0.3) is 0 Å². The number of carboxylic acid groups (broad SMARTS) is 2. The van der Waals surface area contributed by atoms with Crippen molar-refractivity contribution in [1.29, 1.82) is 0 Å². The van der Waals surface area contributed by atoms with Crippen LogP contribution in [0.25, 0.3) is 4.85 Å². The summed E-state index contributed by atoms with van der Waals surface area (Å²) in [5.41, 5.74) is -0.580. The van der Waals surface area contributed by atoms with Crippen LogP contribution in [0.4, 0.5) is 5.69 Å². The van der Waals surface area contributed by atoms with E-state index in [1.54, 1.807) is 0 Å². The Morgan fingerprint density at radius 2 is 1.71 bits per heavy atom. The van der Waals surface area contributed by atoms with E-state index >= 15 is 0 Å². The minimum Gasteiger partial charge on any atom is -0.478 e. The number of benzene rings is 1. The molecule has 0 aliphatic heterocycles. The van der Waals surface area contributed by atoms with Gasteiger partial charge in [-0.3, -0.25) is 0 Å². The van der Waals surface area contributed by atoms with Gasteiger partial charge in [0.2, 0.25) is 0 Å². The fourth-order valence-electron chi connectivity index (χ4n) is 0.965. The van der Waals surface area contributed by atoms with Crippen LogP contribution in [0, 0.1) is 6.57 Å². The Kier molecular flexibility index (Phi) is 2.49. The van der Waals surface area contributed by atoms with Crippen molar-refractivity contribution < 1.29 is 19.8 Å². The summed E-state index contributed by atoms with van der Waals surface area (Å²) < 4.78 is 0. The quantitative estimate of drug-likeness (QED) is 0.696. The number of aromatic carboxylic acids is 2. The summed E-state index contributed by atoms with van der Waals surface area (Å²) in [7, 11) is 0. The monoisotopic (exact) mass is 191 g/mol. The highest BCUT2D eigenvalue weighted by Gasteiger charge is 2.15. The Morgan fingerprint density at radius 3 is 2.14 bits per heavy atom. The van der Waals surface area contributed by atoms with Crippen molar-refractivity contribution in [3.63, 3.8) is 0 Å². The zero-order valence-electron chi connectivity index (χ0n) is 6.89. The minimum atomic E-state index is -1.35. The Bertz CT molecular complexity index is 445. The maximum atomic E-state index is 10.6. The summed E-state index contributed by atoms with van der Waals surface area (Å²) in [6.07, 6.45) is 0. The van der Waals surface area contributed by atoms with Gasteiger partial charge < -0.3 is 10.2 Å². The van der Waals surface area contributed by atoms with Crippen LogP contribution in [0.1, 0.15) is 20.7 Å². The molecule has 0 spiro atoms. The Morgan fingerprint density at radius 1 is 1.14 bits per heavy atom. The van der Waals surface area contributed by atoms with Gasteiger partial charge in [0.15, 0.2) is 5.69 Å². The van der Waals surface area contributed by atoms with Crippen LogP contribution in [0.2, 0.25) is 0 Å². The van der Waals surface area contributed by atoms with E-state index < -0.39 is 11.9 Å². The molecule has 1 rings (SSSR count). The molecule has 0 aromatic heterocycles. The predicted octanol–water partition coefficient (Wildman–Crippen LogP) is 1.63. The van der Waals surface area contributed by atoms with E-state index in [0.29, 0.717) is 0 Å². The lowest BCUT2D eigenvalue weighted by Crippen LogP contribution is -2.07. The molecule has 5 heteroatoms. The summed E-state index contributed by atoms with van der Waals surface area (Å²) in [5.74, 6) is -2.67. The first kappa shape index (κ1) is 9.74. The van der Waals surface area contributed by atoms with Crippen LogP contribution in [-0.4, -0.2) is 22.2 Å². The Balaban J connectivity index is 3.40. The molecule has 70 valence electrons. The third-order valence-corrected chi connectivity index (χ3v) is 1.59. The van der Waals surface area contributed by atoms with Crippen molar-refractivity contribution in [3.8, 4) is 0 Å². The van der Waals surface area contributed by atoms with Crippen molar-refractivity contribution >= 4 is 17.6 Å². The maximum Gasteiger partial charge on any atom is 0.336 e. The van der Waals surface area contributed by atoms with E-state index in [0.717, 1.165) is 12.1 Å². The van der Waals surface area contributed by atoms with Crippen molar-refractivity contribution in [3.05, 3.63) is 40.7 Å². The van der Waals surface area contributed by atoms with Gasteiger partial charge in [-0.05, 0) is 6.07 Å². The van der Waals surface area contributed by atoms with Gasteiger partial charge in [-0.25, -0.2) is 14.4 Å². The third-order valence-electron chi connectivity index (χ3n) is 1.59. The van der Waals surface area contributed by atoms with E-state index in [1.165, 1.54) is 6.07 Å². The van der Waals surface area contributed by atoms with Gasteiger partial charge in [-0.15, -0.1) is 0 Å². The maximum absolute atomic E-state index is 10.6. The fraction of sp³-hybridized carbons (Fsp3) is 0. The number of carbonyl (C=O) groups is 2. The third kappa shape index (κ3) is 1.69. The second kappa shape index (κ2) is 3.58. The molecule has 0 atom stereocenters. The number of nitrogens with zero attached hydrogens (tertiary/aromatic N) is 1. The number of rotatable bonds is 2. The van der Waals surface area contributed by atoms with E-state index in [1.807, 2.05) is 0 Å². The second-order valence-electron chi connectivity index (χ2n) is 2.45. The first-order valence-corrected chi connectivity index (χ1v) is 3.54. The van der Waals surface area contributed by atoms with Crippen LogP contribution >= 0.6 is 0 Å². The topological polar surface area (TPSA) is 79.0 Å². The summed E-state index contributed by atoms with van der Waals surface area (Å²) in [6, 6.07) is 3.42. The van der Waals surface area contributed by atoms with E-state index in [9.17, 15) is 9.59 Å². The Labute approximate surface area is 79.0 Å². The van der Waals surface area contributed by atoms with Crippen molar-refractivity contribution in [2.24, 2.45) is 0 Å². The molecule has 0 aliphatic carbocycles. The van der Waals surface area contributed by atoms with Gasteiger partial charge in [-0.2, -0.15) is 0 Å². The minimum absolute atomic E-state index is 0.104. The molecule has 0 unspecified atom stereocenters. The smallest absolute Gasteiger partial charge is 0.336 e. The average molecular weight is 191 g/mol. The van der Waals surface area contributed by atoms with Gasteiger partial charge in [0, 0.05) is 0 Å². The summed E-state index contributed by atoms with van der Waals surface area (Å²) in [5, 5.41) is 17.3. The lowest BCUT2D eigenvalue weighted by atomic mass is 10.1. The zero-order chi connectivity index (χ0) is 10.7. The predicted molar refractivity (Wildman–Crippen MR) is 46.6 cm³/mol. The SMILES string of the molecule is [C-]#[N+]c1ccc(C(=O)O)c(C(=O)O)c1. The average Bonchev–Trinajstić information content (AvgIpc) is 2.16. The normalized spacial score (nSPS) is 9.07. The summed E-state index contributed by atoms with van der Waals surface area (Å²) >= 11 is 0. The first-order chi connectivity index (χ1) is 6.56. The Hall–Kier alpha value is -2.35. The first-order valence-electron chi connectivity index (χ1n) is 3.54. The lowest BCUT2D eigenvalue weighted by Gasteiger charge is -2.00. The number of hydrogen-bond acceptors (Lipinski definition) is 2. The number of hydrogen-bond donors (Lipinski definition) is 2. The van der Waals surface area contributed by atoms with E-state index in [4.69, 9.17) is 16.8 Å². The molecule has 0 heterocycles. The second-order valence-corrected chi connectivity index (χ2v) is 2.45. The van der Waals surface area contributed by atoms with Crippen molar-refractivity contribution in [2.75, 3.05) is 0 Å². The van der Waals surface area contributed by atoms with Crippen LogP contribution in [0.5, 0.6) is 0 Å². The molecule has 2 N–H and O–H groups in total. The molecule has 0 amide bonds. The molecule has 0 bridgehead atoms. The molecule has 0 fully saturated rings. The molecule has 14 heavy (non-hydrogen) atoms. The highest BCUT2D eigenvalue weighted by atomic mass is 16.4. The highest BCUT2D eigenvalue weighted by molar-refractivity contribution is 6.02. The largest absolute Gasteiger partial charge is 0.478 e. The van der Waals surface area contributed by atoms with Crippen molar-refractivity contribution in [1.82, 2.24) is 0 Å². The summed E-state index contributed by atoms with van der Waals surface area (Å²) in [6.45, 7) is 6.64. The number of carboxylic acids is 2. The molecule has 0 saturated carbocycles. The molecule has 5 nitrogen and oxygen atoms in total. The van der Waals surface area contributed by atoms with Gasteiger partial charge in [0.1, 0.15) is 0 Å². The molecule has 1 aromatic carbocycles. The summed E-state index contributed by atoms with van der Waals surface area (Å²) in [4.78, 5) is 24.2. The van der Waals surface area contributed by atoms with Crippen LogP contribution in [0.15, 0.2) is 18.2 Å². The molecular formula is C9H5NO4. The van der Waals surface area contributed by atoms with Crippen LogP contribution in [0.3, 0.4) is 0 Å². The molecule has 0 saturated heterocycles. The van der Waals surface area contributed by atoms with Gasteiger partial charge in [0.05, 0.1) is 17.7 Å². The van der Waals surface area contributed by atoms with Gasteiger partial charge >= 0.3 is 11.9 Å². The van der Waals surface area contributed by atoms with Crippen molar-refractivity contribution in [2.45, 2.75) is 0 Å². The van der Waals surface area contributed by atoms with E-state index in [-0.39, 0.29) is 16.8 Å². The fourth-order valence-corrected chi connectivity index (χ4v) is 0.965. The standard InChI is InChI=1S/C9H5NO4/c1-10-5-2-3-6(8(11)12)7(4-5)9(13)14/h2-4H,(H,11,12)(H,13,14). The molecular weight excluding hydrogens is 186 g/mol. The van der Waals surface area contributed by atoms with Crippen LogP contribution in [-0.2, 0) is 0 Å². The highest BCUT2D eigenvalue weighted by Crippen LogP contribution is 2.18. The zero-order valence-corrected chi connectivity index (χ0v) is 6.89. The van der Waals surface area contributed by atoms with Gasteiger partial charge in [-0.1, -0.05) is 12.1 Å². The van der Waals surface area contributed by atoms with Crippen LogP contribution < -0.4 is 0 Å². The lowest BCUT2D eigenvalue weighted by molar-refractivity contribution is 0.0651. The molecule has 0 aliphatic rings. The molecule has 0 radical (unpaired) electrons. The molecule has 1 aromatic rings.